The van der Waals surface area contributed by atoms with Crippen molar-refractivity contribution in [1.82, 2.24) is 10.2 Å². The molecule has 0 saturated carbocycles. The maximum atomic E-state index is 12.7. The van der Waals surface area contributed by atoms with Crippen LogP contribution in [0.25, 0.3) is 0 Å². The molecule has 0 aromatic heterocycles. The molecular weight excluding hydrogens is 558 g/mol. The first-order chi connectivity index (χ1) is 19.5. The van der Waals surface area contributed by atoms with Gasteiger partial charge in [0.2, 0.25) is 5.91 Å². The van der Waals surface area contributed by atoms with E-state index in [0.717, 1.165) is 30.5 Å². The Labute approximate surface area is 254 Å². The summed E-state index contributed by atoms with van der Waals surface area (Å²) in [6, 6.07) is 16.4. The minimum Gasteiger partial charge on any atom is -0.465 e. The molecule has 1 unspecified atom stereocenters. The van der Waals surface area contributed by atoms with Gasteiger partial charge in [0, 0.05) is 29.9 Å². The molecule has 41 heavy (non-hydrogen) atoms. The molecular formula is C32H42ClN3O4S. The van der Waals surface area contributed by atoms with Crippen LogP contribution < -0.4 is 11.1 Å². The maximum Gasteiger partial charge on any atom is 0.302 e. The smallest absolute Gasteiger partial charge is 0.302 e. The minimum absolute atomic E-state index is 0.0227. The molecule has 1 amide bonds. The van der Waals surface area contributed by atoms with E-state index in [-0.39, 0.29) is 30.6 Å². The molecule has 0 aliphatic carbocycles. The zero-order chi connectivity index (χ0) is 30.0. The molecule has 5 atom stereocenters. The van der Waals surface area contributed by atoms with Gasteiger partial charge in [0.25, 0.3) is 0 Å². The number of likely N-dealkylation sites (tertiary alicyclic amines) is 1. The second-order valence-corrected chi connectivity index (χ2v) is 12.0. The van der Waals surface area contributed by atoms with Crippen LogP contribution in [0, 0.1) is 5.41 Å². The molecule has 1 aliphatic rings. The summed E-state index contributed by atoms with van der Waals surface area (Å²) >= 11 is 12.2. The van der Waals surface area contributed by atoms with E-state index >= 15 is 0 Å². The Bertz CT molecular complexity index is 1210. The van der Waals surface area contributed by atoms with Crippen LogP contribution in [0.1, 0.15) is 51.7 Å². The summed E-state index contributed by atoms with van der Waals surface area (Å²) in [5.74, 6) is -0.606. The number of nitrogens with two attached hydrogens (primary N) is 1. The number of hydrogen-bond donors (Lipinski definition) is 2. The van der Waals surface area contributed by atoms with Gasteiger partial charge < -0.3 is 25.4 Å². The van der Waals surface area contributed by atoms with Gasteiger partial charge in [-0.2, -0.15) is 0 Å². The first kappa shape index (κ1) is 32.7. The number of carbonyl (C=O) groups is 2. The number of benzene rings is 2. The number of amides is 1. The van der Waals surface area contributed by atoms with E-state index in [4.69, 9.17) is 39.0 Å². The lowest BCUT2D eigenvalue weighted by Crippen LogP contribution is -2.56. The number of thiocarbonyl (C=S) groups is 1. The third-order valence-corrected chi connectivity index (χ3v) is 7.93. The zero-order valence-corrected chi connectivity index (χ0v) is 25.9. The Morgan fingerprint density at radius 2 is 1.90 bits per heavy atom. The predicted octanol–water partition coefficient (Wildman–Crippen LogP) is 5.24. The topological polar surface area (TPSA) is 93.9 Å². The van der Waals surface area contributed by atoms with E-state index in [1.54, 1.807) is 6.92 Å². The van der Waals surface area contributed by atoms with Crippen LogP contribution in [-0.4, -0.2) is 59.1 Å². The van der Waals surface area contributed by atoms with Crippen LogP contribution in [0.4, 0.5) is 0 Å². The fourth-order valence-electron chi connectivity index (χ4n) is 4.89. The molecule has 0 spiro atoms. The molecule has 9 heteroatoms. The summed E-state index contributed by atoms with van der Waals surface area (Å²) in [5.41, 5.74) is 7.52. The van der Waals surface area contributed by atoms with Crippen LogP contribution >= 0.6 is 23.8 Å². The minimum atomic E-state index is -0.677. The monoisotopic (exact) mass is 599 g/mol. The second kappa shape index (κ2) is 15.4. The molecule has 0 bridgehead atoms. The van der Waals surface area contributed by atoms with Crippen molar-refractivity contribution >= 4 is 40.7 Å². The van der Waals surface area contributed by atoms with Gasteiger partial charge in [-0.1, -0.05) is 85.4 Å². The highest BCUT2D eigenvalue weighted by Crippen LogP contribution is 2.29. The molecule has 7 nitrogen and oxygen atoms in total. The molecule has 1 aliphatic heterocycles. The molecule has 3 N–H and O–H groups in total. The second-order valence-electron chi connectivity index (χ2n) is 11.1. The molecule has 2 aromatic rings. The van der Waals surface area contributed by atoms with Crippen LogP contribution in [0.3, 0.4) is 0 Å². The average Bonchev–Trinajstić information content (AvgIpc) is 3.41. The van der Waals surface area contributed by atoms with Gasteiger partial charge in [-0.05, 0) is 56.4 Å². The predicted molar refractivity (Wildman–Crippen MR) is 168 cm³/mol. The number of ether oxygens (including phenoxy) is 2. The normalized spacial score (nSPS) is 18.9. The van der Waals surface area contributed by atoms with Gasteiger partial charge in [0.15, 0.2) is 0 Å². The molecule has 1 heterocycles. The standard InChI is InChI=1S/C32H42ClN3O4S/c1-22(34)30(38)35-29(23(2)39-20-25-10-6-5-7-11-25)31(41)36-17-9-14-28(36)15-16-32(4,21-40-24(3)37)19-26-12-8-13-27(33)18-26/h5-8,10-13,15-16,18,22-23,28-29H,9,14,17,19-21,34H2,1-4H3,(H,35,38)/b16-15+/t22-,23?,28-,29-,32-/m0/s1. The molecule has 2 aromatic carbocycles. The molecule has 222 valence electrons. The Kier molecular flexibility index (Phi) is 12.3. The van der Waals surface area contributed by atoms with Crippen molar-refractivity contribution in [3.05, 3.63) is 82.9 Å². The van der Waals surface area contributed by atoms with E-state index in [0.29, 0.717) is 23.0 Å². The van der Waals surface area contributed by atoms with E-state index in [2.05, 4.69) is 29.3 Å². The van der Waals surface area contributed by atoms with Gasteiger partial charge >= 0.3 is 5.97 Å². The van der Waals surface area contributed by atoms with Gasteiger partial charge in [-0.25, -0.2) is 0 Å². The number of nitrogens with zero attached hydrogens (tertiary/aromatic N) is 1. The Hall–Kier alpha value is -2.78. The first-order valence-corrected chi connectivity index (χ1v) is 14.9. The lowest BCUT2D eigenvalue weighted by atomic mass is 9.83. The van der Waals surface area contributed by atoms with E-state index < -0.39 is 17.5 Å². The fourth-order valence-corrected chi connectivity index (χ4v) is 5.58. The number of hydrogen-bond acceptors (Lipinski definition) is 6. The summed E-state index contributed by atoms with van der Waals surface area (Å²) in [5, 5.41) is 3.69. The quantitative estimate of drug-likeness (QED) is 0.185. The zero-order valence-electron chi connectivity index (χ0n) is 24.3. The average molecular weight is 600 g/mol. The lowest BCUT2D eigenvalue weighted by molar-refractivity contribution is -0.143. The van der Waals surface area contributed by atoms with Gasteiger partial charge in [0.1, 0.15) is 17.6 Å². The summed E-state index contributed by atoms with van der Waals surface area (Å²) in [6.07, 6.45) is 6.39. The van der Waals surface area contributed by atoms with Crippen molar-refractivity contribution in [2.24, 2.45) is 11.1 Å². The van der Waals surface area contributed by atoms with Crippen LogP contribution in [0.15, 0.2) is 66.7 Å². The summed E-state index contributed by atoms with van der Waals surface area (Å²) < 4.78 is 11.6. The molecule has 1 fully saturated rings. The van der Waals surface area contributed by atoms with E-state index in [1.807, 2.05) is 61.5 Å². The molecule has 3 rings (SSSR count). The summed E-state index contributed by atoms with van der Waals surface area (Å²) in [6.45, 7) is 8.45. The van der Waals surface area contributed by atoms with Crippen molar-refractivity contribution < 1.29 is 19.1 Å². The summed E-state index contributed by atoms with van der Waals surface area (Å²) in [7, 11) is 0. The number of rotatable bonds is 13. The third-order valence-electron chi connectivity index (χ3n) is 7.21. The van der Waals surface area contributed by atoms with Crippen molar-refractivity contribution in [1.29, 1.82) is 0 Å². The first-order valence-electron chi connectivity index (χ1n) is 14.1. The van der Waals surface area contributed by atoms with Crippen molar-refractivity contribution in [3.8, 4) is 0 Å². The highest BCUT2D eigenvalue weighted by Gasteiger charge is 2.34. The van der Waals surface area contributed by atoms with E-state index in [9.17, 15) is 9.59 Å². The number of halogens is 1. The van der Waals surface area contributed by atoms with Crippen molar-refractivity contribution in [2.45, 2.75) is 77.8 Å². The van der Waals surface area contributed by atoms with Crippen LogP contribution in [0.2, 0.25) is 5.02 Å². The SMILES string of the molecule is CC(=O)OC[C@@](C)(/C=C/[C@@H]1CCCN1C(=S)[C@@H](NC(=O)[C@H](C)N)C(C)OCc1ccccc1)Cc1cccc(Cl)c1. The van der Waals surface area contributed by atoms with Gasteiger partial charge in [-0.15, -0.1) is 0 Å². The number of carbonyl (C=O) groups excluding carboxylic acids is 2. The number of nitrogens with one attached hydrogen (secondary N) is 1. The fraction of sp³-hybridized carbons (Fsp3) is 0.469. The van der Waals surface area contributed by atoms with Crippen molar-refractivity contribution in [3.63, 3.8) is 0 Å². The Morgan fingerprint density at radius 1 is 1.20 bits per heavy atom. The Morgan fingerprint density at radius 3 is 2.56 bits per heavy atom. The lowest BCUT2D eigenvalue weighted by Gasteiger charge is -2.34. The highest BCUT2D eigenvalue weighted by molar-refractivity contribution is 7.80. The van der Waals surface area contributed by atoms with E-state index in [1.165, 1.54) is 6.92 Å². The molecule has 0 radical (unpaired) electrons. The van der Waals surface area contributed by atoms with Gasteiger partial charge in [-0.3, -0.25) is 9.59 Å². The van der Waals surface area contributed by atoms with Gasteiger partial charge in [0.05, 0.1) is 18.8 Å². The highest BCUT2D eigenvalue weighted by atomic mass is 35.5. The molecule has 1 saturated heterocycles. The Balaban J connectivity index is 1.79. The maximum absolute atomic E-state index is 12.7. The van der Waals surface area contributed by atoms with Crippen LogP contribution in [-0.2, 0) is 32.1 Å². The number of esters is 1. The summed E-state index contributed by atoms with van der Waals surface area (Å²) in [4.78, 5) is 27.1. The third kappa shape index (κ3) is 10.2. The van der Waals surface area contributed by atoms with Crippen LogP contribution in [0.5, 0.6) is 0 Å². The largest absolute Gasteiger partial charge is 0.465 e. The van der Waals surface area contributed by atoms with Crippen molar-refractivity contribution in [2.75, 3.05) is 13.2 Å².